The minimum Gasteiger partial charge on any atom is -0.491 e. The molecule has 0 bridgehead atoms. The van der Waals surface area contributed by atoms with Crippen LogP contribution in [-0.4, -0.2) is 47.9 Å². The lowest BCUT2D eigenvalue weighted by Gasteiger charge is -2.20. The summed E-state index contributed by atoms with van der Waals surface area (Å²) in [6, 6.07) is 13.6. The highest BCUT2D eigenvalue weighted by Crippen LogP contribution is 2.26. The molecule has 5 nitrogen and oxygen atoms in total. The van der Waals surface area contributed by atoms with Crippen LogP contribution in [-0.2, 0) is 17.8 Å². The van der Waals surface area contributed by atoms with E-state index >= 15 is 0 Å². The van der Waals surface area contributed by atoms with Gasteiger partial charge in [-0.2, -0.15) is 0 Å². The van der Waals surface area contributed by atoms with Gasteiger partial charge < -0.3 is 14.5 Å². The van der Waals surface area contributed by atoms with Crippen LogP contribution in [0.3, 0.4) is 0 Å². The Labute approximate surface area is 165 Å². The Bertz CT molecular complexity index is 887. The van der Waals surface area contributed by atoms with Crippen LogP contribution in [0, 0.1) is 6.92 Å². The fourth-order valence-electron chi connectivity index (χ4n) is 3.95. The minimum absolute atomic E-state index is 0.0715. The Hall–Kier alpha value is -2.82. The predicted octanol–water partition coefficient (Wildman–Crippen LogP) is 3.19. The van der Waals surface area contributed by atoms with Crippen molar-refractivity contribution in [1.82, 2.24) is 9.80 Å². The molecular formula is C23H26N2O3. The summed E-state index contributed by atoms with van der Waals surface area (Å²) < 4.78 is 5.84. The molecule has 0 N–H and O–H groups in total. The van der Waals surface area contributed by atoms with Crippen LogP contribution >= 0.6 is 0 Å². The van der Waals surface area contributed by atoms with Crippen LogP contribution in [0.4, 0.5) is 0 Å². The number of benzene rings is 2. The Morgan fingerprint density at radius 3 is 2.61 bits per heavy atom. The van der Waals surface area contributed by atoms with Crippen LogP contribution < -0.4 is 4.74 Å². The van der Waals surface area contributed by atoms with E-state index < -0.39 is 0 Å². The molecule has 0 aliphatic carbocycles. The number of amides is 2. The first-order chi connectivity index (χ1) is 13.6. The van der Waals surface area contributed by atoms with Gasteiger partial charge in [-0.1, -0.05) is 29.8 Å². The zero-order valence-corrected chi connectivity index (χ0v) is 16.3. The summed E-state index contributed by atoms with van der Waals surface area (Å²) in [5.74, 6) is 0.921. The zero-order valence-electron chi connectivity index (χ0n) is 16.3. The smallest absolute Gasteiger partial charge is 0.253 e. The molecule has 1 saturated heterocycles. The number of nitrogens with zero attached hydrogens (tertiary/aromatic N) is 2. The van der Waals surface area contributed by atoms with Gasteiger partial charge in [0.25, 0.3) is 5.91 Å². The molecule has 2 heterocycles. The maximum atomic E-state index is 12.9. The molecule has 28 heavy (non-hydrogen) atoms. The fraction of sp³-hybridized carbons (Fsp3) is 0.391. The summed E-state index contributed by atoms with van der Waals surface area (Å²) in [6.07, 6.45) is 2.52. The second kappa shape index (κ2) is 8.05. The van der Waals surface area contributed by atoms with E-state index in [1.807, 2.05) is 59.2 Å². The summed E-state index contributed by atoms with van der Waals surface area (Å²) in [4.78, 5) is 29.3. The predicted molar refractivity (Wildman–Crippen MR) is 107 cm³/mol. The average Bonchev–Trinajstić information content (AvgIpc) is 3.13. The van der Waals surface area contributed by atoms with Gasteiger partial charge in [-0.05, 0) is 43.5 Å². The van der Waals surface area contributed by atoms with E-state index in [1.54, 1.807) is 0 Å². The van der Waals surface area contributed by atoms with Gasteiger partial charge in [0.2, 0.25) is 5.91 Å². The Morgan fingerprint density at radius 2 is 1.82 bits per heavy atom. The van der Waals surface area contributed by atoms with Crippen LogP contribution in [0.15, 0.2) is 42.5 Å². The van der Waals surface area contributed by atoms with Gasteiger partial charge in [-0.3, -0.25) is 9.59 Å². The largest absolute Gasteiger partial charge is 0.491 e. The Morgan fingerprint density at radius 1 is 1.00 bits per heavy atom. The van der Waals surface area contributed by atoms with Gasteiger partial charge in [0.1, 0.15) is 12.4 Å². The van der Waals surface area contributed by atoms with Crippen molar-refractivity contribution < 1.29 is 14.3 Å². The van der Waals surface area contributed by atoms with Gasteiger partial charge in [0.15, 0.2) is 0 Å². The molecule has 0 atom stereocenters. The van der Waals surface area contributed by atoms with Crippen molar-refractivity contribution in [2.75, 3.05) is 26.2 Å². The van der Waals surface area contributed by atoms with E-state index in [9.17, 15) is 9.59 Å². The summed E-state index contributed by atoms with van der Waals surface area (Å²) in [5, 5.41) is 0. The van der Waals surface area contributed by atoms with Crippen LogP contribution in [0.5, 0.6) is 5.75 Å². The van der Waals surface area contributed by atoms with Crippen molar-refractivity contribution in [2.24, 2.45) is 0 Å². The molecule has 1 fully saturated rings. The van der Waals surface area contributed by atoms with Crippen molar-refractivity contribution >= 4 is 11.8 Å². The van der Waals surface area contributed by atoms with Gasteiger partial charge in [0.05, 0.1) is 13.0 Å². The second-order valence-corrected chi connectivity index (χ2v) is 7.65. The van der Waals surface area contributed by atoms with Crippen molar-refractivity contribution in [2.45, 2.75) is 32.7 Å². The monoisotopic (exact) mass is 378 g/mol. The van der Waals surface area contributed by atoms with Gasteiger partial charge >= 0.3 is 0 Å². The van der Waals surface area contributed by atoms with Crippen molar-refractivity contribution in [1.29, 1.82) is 0 Å². The first-order valence-corrected chi connectivity index (χ1v) is 9.98. The third-order valence-corrected chi connectivity index (χ3v) is 5.47. The fourth-order valence-corrected chi connectivity index (χ4v) is 3.95. The molecule has 146 valence electrons. The number of fused-ring (bicyclic) bond motifs is 1. The molecule has 0 spiro atoms. The van der Waals surface area contributed by atoms with Gasteiger partial charge in [0, 0.05) is 30.8 Å². The summed E-state index contributed by atoms with van der Waals surface area (Å²) in [6.45, 7) is 5.17. The highest BCUT2D eigenvalue weighted by atomic mass is 16.5. The molecule has 2 aliphatic rings. The minimum atomic E-state index is 0.0715. The molecule has 5 heteroatoms. The third kappa shape index (κ3) is 4.03. The first kappa shape index (κ1) is 18.5. The molecule has 2 amide bonds. The molecule has 2 aliphatic heterocycles. The number of carbonyl (C=O) groups is 2. The number of carbonyl (C=O) groups excluding carboxylic acids is 2. The van der Waals surface area contributed by atoms with Crippen LogP contribution in [0.2, 0.25) is 0 Å². The molecule has 0 unspecified atom stereocenters. The highest BCUT2D eigenvalue weighted by molar-refractivity contribution is 5.94. The standard InChI is InChI=1S/C23H26N2O3/c1-17-5-4-6-18(13-17)14-22(26)25-11-12-28-21-8-7-19(15-20(21)16-25)23(27)24-9-2-3-10-24/h4-8,13,15H,2-3,9-12,14,16H2,1H3. The number of ether oxygens (including phenoxy) is 1. The molecule has 2 aromatic carbocycles. The van der Waals surface area contributed by atoms with E-state index in [2.05, 4.69) is 0 Å². The van der Waals surface area contributed by atoms with E-state index in [4.69, 9.17) is 4.74 Å². The summed E-state index contributed by atoms with van der Waals surface area (Å²) in [7, 11) is 0. The molecule has 0 radical (unpaired) electrons. The average molecular weight is 378 g/mol. The number of likely N-dealkylation sites (tertiary alicyclic amines) is 1. The molecular weight excluding hydrogens is 352 g/mol. The Kier molecular flexibility index (Phi) is 5.33. The van der Waals surface area contributed by atoms with E-state index in [0.717, 1.165) is 48.4 Å². The summed E-state index contributed by atoms with van der Waals surface area (Å²) in [5.41, 5.74) is 3.76. The number of hydrogen-bond acceptors (Lipinski definition) is 3. The van der Waals surface area contributed by atoms with Crippen molar-refractivity contribution in [3.63, 3.8) is 0 Å². The highest BCUT2D eigenvalue weighted by Gasteiger charge is 2.24. The van der Waals surface area contributed by atoms with E-state index in [-0.39, 0.29) is 11.8 Å². The quantitative estimate of drug-likeness (QED) is 0.824. The van der Waals surface area contributed by atoms with Crippen LogP contribution in [0.25, 0.3) is 0 Å². The topological polar surface area (TPSA) is 49.9 Å². The third-order valence-electron chi connectivity index (χ3n) is 5.47. The molecule has 2 aromatic rings. The maximum absolute atomic E-state index is 12.9. The van der Waals surface area contributed by atoms with E-state index in [0.29, 0.717) is 31.7 Å². The lowest BCUT2D eigenvalue weighted by atomic mass is 10.1. The number of hydrogen-bond donors (Lipinski definition) is 0. The summed E-state index contributed by atoms with van der Waals surface area (Å²) >= 11 is 0. The second-order valence-electron chi connectivity index (χ2n) is 7.65. The lowest BCUT2D eigenvalue weighted by Crippen LogP contribution is -2.33. The van der Waals surface area contributed by atoms with Crippen molar-refractivity contribution in [3.8, 4) is 5.75 Å². The van der Waals surface area contributed by atoms with Gasteiger partial charge in [-0.25, -0.2) is 0 Å². The number of aryl methyl sites for hydroxylation is 1. The van der Waals surface area contributed by atoms with Crippen LogP contribution in [0.1, 0.15) is 39.9 Å². The SMILES string of the molecule is Cc1cccc(CC(=O)N2CCOc3ccc(C(=O)N4CCCC4)cc3C2)c1. The Balaban J connectivity index is 1.50. The van der Waals surface area contributed by atoms with Gasteiger partial charge in [-0.15, -0.1) is 0 Å². The molecule has 4 rings (SSSR count). The number of rotatable bonds is 3. The normalized spacial score (nSPS) is 16.3. The maximum Gasteiger partial charge on any atom is 0.253 e. The van der Waals surface area contributed by atoms with E-state index in [1.165, 1.54) is 0 Å². The zero-order chi connectivity index (χ0) is 19.5. The van der Waals surface area contributed by atoms with Crippen molar-refractivity contribution in [3.05, 3.63) is 64.7 Å². The lowest BCUT2D eigenvalue weighted by molar-refractivity contribution is -0.131. The molecule has 0 aromatic heterocycles. The molecule has 0 saturated carbocycles. The first-order valence-electron chi connectivity index (χ1n) is 9.98.